The average Bonchev–Trinajstić information content (AvgIpc) is 2.48. The third-order valence-corrected chi connectivity index (χ3v) is 4.07. The number of nitrogens with one attached hydrogen (secondary N) is 2. The fourth-order valence-electron chi connectivity index (χ4n) is 2.83. The topological polar surface area (TPSA) is 80.0 Å². The van der Waals surface area contributed by atoms with E-state index in [-0.39, 0.29) is 6.04 Å². The zero-order valence-electron chi connectivity index (χ0n) is 12.1. The smallest absolute Gasteiger partial charge is 0.252 e. The number of piperidine rings is 1. The lowest BCUT2D eigenvalue weighted by molar-refractivity contribution is 0.100. The lowest BCUT2D eigenvalue weighted by atomic mass is 9.99. The summed E-state index contributed by atoms with van der Waals surface area (Å²) in [6.07, 6.45) is 2.17. The predicted octanol–water partition coefficient (Wildman–Crippen LogP) is 1.89. The molecule has 1 fully saturated rings. The van der Waals surface area contributed by atoms with Gasteiger partial charge in [0.05, 0.1) is 11.1 Å². The number of carbonyl (C=O) groups is 1. The summed E-state index contributed by atoms with van der Waals surface area (Å²) in [6.45, 7) is 3.18. The van der Waals surface area contributed by atoms with E-state index >= 15 is 0 Å². The number of hydrogen-bond acceptors (Lipinski definition) is 4. The van der Waals surface area contributed by atoms with Crippen molar-refractivity contribution in [2.45, 2.75) is 31.8 Å². The van der Waals surface area contributed by atoms with Crippen LogP contribution in [-0.2, 0) is 0 Å². The molecule has 2 aromatic rings. The van der Waals surface area contributed by atoms with Gasteiger partial charge in [-0.2, -0.15) is 0 Å². The summed E-state index contributed by atoms with van der Waals surface area (Å²) in [5, 5.41) is 7.75. The molecule has 1 aromatic carbocycles. The number of hydrogen-bond donors (Lipinski definition) is 3. The Labute approximate surface area is 123 Å². The maximum atomic E-state index is 11.7. The number of fused-ring (bicyclic) bond motifs is 1. The highest BCUT2D eigenvalue weighted by Crippen LogP contribution is 2.22. The number of rotatable bonds is 3. The predicted molar refractivity (Wildman–Crippen MR) is 84.4 cm³/mol. The van der Waals surface area contributed by atoms with Crippen molar-refractivity contribution >= 4 is 22.6 Å². The van der Waals surface area contributed by atoms with Crippen LogP contribution in [0.5, 0.6) is 0 Å². The zero-order chi connectivity index (χ0) is 14.8. The number of nitrogens with two attached hydrogens (primary N) is 1. The number of pyridine rings is 1. The Morgan fingerprint density at radius 1 is 1.43 bits per heavy atom. The first kappa shape index (κ1) is 13.8. The van der Waals surface area contributed by atoms with E-state index in [0.717, 1.165) is 30.3 Å². The Balaban J connectivity index is 1.99. The lowest BCUT2D eigenvalue weighted by Crippen LogP contribution is -2.46. The second-order valence-corrected chi connectivity index (χ2v) is 5.58. The molecular weight excluding hydrogens is 264 g/mol. The highest BCUT2D eigenvalue weighted by molar-refractivity contribution is 6.01. The van der Waals surface area contributed by atoms with Crippen LogP contribution >= 0.6 is 0 Å². The van der Waals surface area contributed by atoms with E-state index in [4.69, 9.17) is 5.73 Å². The highest BCUT2D eigenvalue weighted by atomic mass is 16.1. The minimum Gasteiger partial charge on any atom is -0.365 e. The molecule has 0 aliphatic carbocycles. The van der Waals surface area contributed by atoms with Crippen LogP contribution in [0, 0.1) is 0 Å². The number of primary amides is 1. The number of carbonyl (C=O) groups excluding carboxylic acids is 1. The Hall–Kier alpha value is -2.14. The molecule has 1 amide bonds. The first-order valence-corrected chi connectivity index (χ1v) is 7.34. The number of amides is 1. The maximum absolute atomic E-state index is 11.7. The zero-order valence-corrected chi connectivity index (χ0v) is 12.1. The van der Waals surface area contributed by atoms with Gasteiger partial charge in [0.25, 0.3) is 5.91 Å². The molecule has 0 radical (unpaired) electrons. The van der Waals surface area contributed by atoms with Crippen molar-refractivity contribution in [2.24, 2.45) is 5.73 Å². The molecule has 0 bridgehead atoms. The van der Waals surface area contributed by atoms with E-state index in [0.29, 0.717) is 17.4 Å². The Morgan fingerprint density at radius 2 is 2.24 bits per heavy atom. The SMILES string of the molecule is CC1NCCCC1Nc1nc2ccccc2cc1C(N)=O. The van der Waals surface area contributed by atoms with Gasteiger partial charge >= 0.3 is 0 Å². The molecule has 1 aliphatic rings. The van der Waals surface area contributed by atoms with E-state index in [1.54, 1.807) is 0 Å². The number of para-hydroxylation sites is 1. The van der Waals surface area contributed by atoms with E-state index in [2.05, 4.69) is 22.5 Å². The number of benzene rings is 1. The van der Waals surface area contributed by atoms with Gasteiger partial charge in [0.2, 0.25) is 0 Å². The second kappa shape index (κ2) is 5.69. The van der Waals surface area contributed by atoms with Crippen molar-refractivity contribution in [3.8, 4) is 0 Å². The van der Waals surface area contributed by atoms with Crippen LogP contribution in [0.2, 0.25) is 0 Å². The van der Waals surface area contributed by atoms with Gasteiger partial charge in [-0.05, 0) is 38.4 Å². The Morgan fingerprint density at radius 3 is 3.00 bits per heavy atom. The monoisotopic (exact) mass is 284 g/mol. The molecule has 5 nitrogen and oxygen atoms in total. The largest absolute Gasteiger partial charge is 0.365 e. The van der Waals surface area contributed by atoms with Crippen molar-refractivity contribution in [1.29, 1.82) is 0 Å². The number of anilines is 1. The van der Waals surface area contributed by atoms with Gasteiger partial charge in [0, 0.05) is 17.5 Å². The van der Waals surface area contributed by atoms with Crippen LogP contribution in [0.3, 0.4) is 0 Å². The van der Waals surface area contributed by atoms with Crippen LogP contribution in [0.4, 0.5) is 5.82 Å². The van der Waals surface area contributed by atoms with Gasteiger partial charge in [0.15, 0.2) is 0 Å². The highest BCUT2D eigenvalue weighted by Gasteiger charge is 2.23. The van der Waals surface area contributed by atoms with Gasteiger partial charge in [-0.3, -0.25) is 4.79 Å². The van der Waals surface area contributed by atoms with Crippen LogP contribution in [0.15, 0.2) is 30.3 Å². The minimum absolute atomic E-state index is 0.255. The molecule has 0 spiro atoms. The first-order chi connectivity index (χ1) is 10.1. The van der Waals surface area contributed by atoms with Gasteiger partial charge in [0.1, 0.15) is 5.82 Å². The van der Waals surface area contributed by atoms with Crippen LogP contribution < -0.4 is 16.4 Å². The summed E-state index contributed by atoms with van der Waals surface area (Å²) in [4.78, 5) is 16.3. The fourth-order valence-corrected chi connectivity index (χ4v) is 2.83. The molecule has 1 aliphatic heterocycles. The summed E-state index contributed by atoms with van der Waals surface area (Å²) in [5.74, 6) is 0.133. The summed E-state index contributed by atoms with van der Waals surface area (Å²) in [5.41, 5.74) is 6.82. The molecule has 1 aromatic heterocycles. The number of aromatic nitrogens is 1. The van der Waals surface area contributed by atoms with Gasteiger partial charge < -0.3 is 16.4 Å². The molecule has 0 saturated carbocycles. The fraction of sp³-hybridized carbons (Fsp3) is 0.375. The average molecular weight is 284 g/mol. The van der Waals surface area contributed by atoms with Crippen LogP contribution in [0.25, 0.3) is 10.9 Å². The summed E-state index contributed by atoms with van der Waals surface area (Å²) >= 11 is 0. The third-order valence-electron chi connectivity index (χ3n) is 4.07. The minimum atomic E-state index is -0.452. The van der Waals surface area contributed by atoms with Gasteiger partial charge in [-0.1, -0.05) is 18.2 Å². The summed E-state index contributed by atoms with van der Waals surface area (Å²) in [7, 11) is 0. The van der Waals surface area contributed by atoms with Gasteiger partial charge in [-0.15, -0.1) is 0 Å². The molecule has 2 atom stereocenters. The van der Waals surface area contributed by atoms with Crippen molar-refractivity contribution < 1.29 is 4.79 Å². The molecule has 3 rings (SSSR count). The van der Waals surface area contributed by atoms with Crippen LogP contribution in [0.1, 0.15) is 30.1 Å². The van der Waals surface area contributed by atoms with E-state index in [9.17, 15) is 4.79 Å². The quantitative estimate of drug-likeness (QED) is 0.804. The molecule has 21 heavy (non-hydrogen) atoms. The summed E-state index contributed by atoms with van der Waals surface area (Å²) < 4.78 is 0. The van der Waals surface area contributed by atoms with E-state index in [1.807, 2.05) is 30.3 Å². The molecule has 4 N–H and O–H groups in total. The Kier molecular flexibility index (Phi) is 3.75. The molecule has 110 valence electrons. The molecule has 2 heterocycles. The third kappa shape index (κ3) is 2.83. The van der Waals surface area contributed by atoms with E-state index in [1.165, 1.54) is 0 Å². The maximum Gasteiger partial charge on any atom is 0.252 e. The van der Waals surface area contributed by atoms with Crippen molar-refractivity contribution in [3.63, 3.8) is 0 Å². The van der Waals surface area contributed by atoms with Crippen molar-refractivity contribution in [2.75, 3.05) is 11.9 Å². The van der Waals surface area contributed by atoms with Crippen LogP contribution in [-0.4, -0.2) is 29.5 Å². The second-order valence-electron chi connectivity index (χ2n) is 5.58. The Bertz CT molecular complexity index is 670. The molecular formula is C16H20N4O. The summed E-state index contributed by atoms with van der Waals surface area (Å²) in [6, 6.07) is 10.1. The van der Waals surface area contributed by atoms with Crippen molar-refractivity contribution in [3.05, 3.63) is 35.9 Å². The molecule has 5 heteroatoms. The normalized spacial score (nSPS) is 22.1. The standard InChI is InChI=1S/C16H20N4O/c1-10-13(7-4-8-18-10)19-16-12(15(17)21)9-11-5-2-3-6-14(11)20-16/h2-3,5-6,9-10,13,18H,4,7-8H2,1H3,(H2,17,21)(H,19,20). The first-order valence-electron chi connectivity index (χ1n) is 7.34. The van der Waals surface area contributed by atoms with E-state index < -0.39 is 5.91 Å². The number of nitrogens with zero attached hydrogens (tertiary/aromatic N) is 1. The molecule has 1 saturated heterocycles. The molecule has 2 unspecified atom stereocenters. The lowest BCUT2D eigenvalue weighted by Gasteiger charge is -2.31. The van der Waals surface area contributed by atoms with Crippen molar-refractivity contribution in [1.82, 2.24) is 10.3 Å². The van der Waals surface area contributed by atoms with Gasteiger partial charge in [-0.25, -0.2) is 4.98 Å².